The van der Waals surface area contributed by atoms with Crippen LogP contribution < -0.4 is 10.6 Å². The predicted molar refractivity (Wildman–Crippen MR) is 128 cm³/mol. The fraction of sp³-hybridized carbons (Fsp3) is 0.150. The Balaban J connectivity index is 1.51. The minimum Gasteiger partial charge on any atom is -0.462 e. The molecule has 14 heteroatoms. The molecule has 0 bridgehead atoms. The van der Waals surface area contributed by atoms with E-state index < -0.39 is 16.8 Å². The SMILES string of the molecule is CCOC(=O)c1ccc(NC(=O)CSc2nnc(NC(=O)c3ccc(Cl)c([N+](=O)[O-])c3)s2)cc1. The lowest BCUT2D eigenvalue weighted by atomic mass is 10.2. The van der Waals surface area contributed by atoms with Gasteiger partial charge >= 0.3 is 5.97 Å². The average molecular weight is 522 g/mol. The van der Waals surface area contributed by atoms with Gasteiger partial charge in [-0.15, -0.1) is 10.2 Å². The number of ether oxygens (including phenoxy) is 1. The van der Waals surface area contributed by atoms with Gasteiger partial charge in [-0.1, -0.05) is 34.7 Å². The molecule has 0 aliphatic rings. The quantitative estimate of drug-likeness (QED) is 0.138. The number of aromatic nitrogens is 2. The number of nitrogens with zero attached hydrogens (tertiary/aromatic N) is 3. The Bertz CT molecular complexity index is 1230. The van der Waals surface area contributed by atoms with E-state index in [0.29, 0.717) is 15.6 Å². The van der Waals surface area contributed by atoms with Crippen molar-refractivity contribution in [3.8, 4) is 0 Å². The summed E-state index contributed by atoms with van der Waals surface area (Å²) in [6.07, 6.45) is 0. The van der Waals surface area contributed by atoms with Crippen LogP contribution in [0.5, 0.6) is 0 Å². The Morgan fingerprint density at radius 2 is 1.82 bits per heavy atom. The first kappa shape index (κ1) is 25.1. The summed E-state index contributed by atoms with van der Waals surface area (Å²) < 4.78 is 5.34. The summed E-state index contributed by atoms with van der Waals surface area (Å²) in [6.45, 7) is 1.99. The van der Waals surface area contributed by atoms with Crippen LogP contribution in [0.15, 0.2) is 46.8 Å². The van der Waals surface area contributed by atoms with Crippen LogP contribution in [0, 0.1) is 10.1 Å². The van der Waals surface area contributed by atoms with Crippen molar-refractivity contribution in [3.05, 3.63) is 68.7 Å². The molecule has 0 fully saturated rings. The van der Waals surface area contributed by atoms with E-state index in [2.05, 4.69) is 20.8 Å². The van der Waals surface area contributed by atoms with E-state index in [4.69, 9.17) is 16.3 Å². The summed E-state index contributed by atoms with van der Waals surface area (Å²) >= 11 is 7.91. The summed E-state index contributed by atoms with van der Waals surface area (Å²) in [5.74, 6) is -1.32. The van der Waals surface area contributed by atoms with E-state index >= 15 is 0 Å². The molecule has 0 unspecified atom stereocenters. The Labute approximate surface area is 206 Å². The van der Waals surface area contributed by atoms with E-state index in [9.17, 15) is 24.5 Å². The molecule has 3 rings (SSSR count). The van der Waals surface area contributed by atoms with Gasteiger partial charge in [0.15, 0.2) is 4.34 Å². The van der Waals surface area contributed by atoms with Crippen LogP contribution in [0.25, 0.3) is 0 Å². The Morgan fingerprint density at radius 1 is 1.12 bits per heavy atom. The molecule has 0 saturated carbocycles. The fourth-order valence-corrected chi connectivity index (χ4v) is 4.24. The minimum atomic E-state index is -0.682. The third-order valence-electron chi connectivity index (χ3n) is 4.04. The lowest BCUT2D eigenvalue weighted by Gasteiger charge is -2.06. The summed E-state index contributed by atoms with van der Waals surface area (Å²) in [6, 6.07) is 9.97. The second-order valence-electron chi connectivity index (χ2n) is 6.39. The second-order valence-corrected chi connectivity index (χ2v) is 8.99. The van der Waals surface area contributed by atoms with Gasteiger partial charge in [0.25, 0.3) is 11.6 Å². The highest BCUT2D eigenvalue weighted by Crippen LogP contribution is 2.28. The van der Waals surface area contributed by atoms with Crippen molar-refractivity contribution in [1.82, 2.24) is 10.2 Å². The van der Waals surface area contributed by atoms with Crippen LogP contribution in [0.4, 0.5) is 16.5 Å². The van der Waals surface area contributed by atoms with Crippen molar-refractivity contribution in [2.24, 2.45) is 0 Å². The highest BCUT2D eigenvalue weighted by Gasteiger charge is 2.18. The first-order chi connectivity index (χ1) is 16.3. The molecule has 2 N–H and O–H groups in total. The molecule has 34 heavy (non-hydrogen) atoms. The summed E-state index contributed by atoms with van der Waals surface area (Å²) in [5, 5.41) is 24.0. The minimum absolute atomic E-state index is 0.0333. The van der Waals surface area contributed by atoms with Gasteiger partial charge in [0, 0.05) is 17.3 Å². The lowest BCUT2D eigenvalue weighted by Crippen LogP contribution is -2.14. The number of esters is 1. The molecule has 0 aliphatic heterocycles. The topological polar surface area (TPSA) is 153 Å². The fourth-order valence-electron chi connectivity index (χ4n) is 2.51. The molecule has 2 amide bonds. The molecule has 11 nitrogen and oxygen atoms in total. The maximum Gasteiger partial charge on any atom is 0.338 e. The van der Waals surface area contributed by atoms with Crippen LogP contribution in [0.3, 0.4) is 0 Å². The number of nitro groups is 1. The van der Waals surface area contributed by atoms with Crippen LogP contribution in [-0.2, 0) is 9.53 Å². The number of hydrogen-bond acceptors (Lipinski definition) is 10. The molecule has 1 heterocycles. The van der Waals surface area contributed by atoms with Crippen LogP contribution >= 0.6 is 34.7 Å². The van der Waals surface area contributed by atoms with Crippen LogP contribution in [-0.4, -0.2) is 45.3 Å². The number of halogens is 1. The van der Waals surface area contributed by atoms with Crippen molar-refractivity contribution in [2.75, 3.05) is 23.0 Å². The van der Waals surface area contributed by atoms with Gasteiger partial charge < -0.3 is 10.1 Å². The van der Waals surface area contributed by atoms with Gasteiger partial charge in [-0.25, -0.2) is 4.79 Å². The smallest absolute Gasteiger partial charge is 0.338 e. The molecule has 0 atom stereocenters. The summed E-state index contributed by atoms with van der Waals surface area (Å²) in [7, 11) is 0. The third kappa shape index (κ3) is 6.73. The molecule has 0 spiro atoms. The highest BCUT2D eigenvalue weighted by atomic mass is 35.5. The monoisotopic (exact) mass is 521 g/mol. The predicted octanol–water partition coefficient (Wildman–Crippen LogP) is 4.26. The normalized spacial score (nSPS) is 10.4. The average Bonchev–Trinajstić information content (AvgIpc) is 3.25. The number of benzene rings is 2. The largest absolute Gasteiger partial charge is 0.462 e. The van der Waals surface area contributed by atoms with Crippen LogP contribution in [0.2, 0.25) is 5.02 Å². The number of anilines is 2. The van der Waals surface area contributed by atoms with Gasteiger partial charge in [-0.05, 0) is 43.3 Å². The second kappa shape index (κ2) is 11.5. The van der Waals surface area contributed by atoms with Gasteiger partial charge in [0.05, 0.1) is 22.8 Å². The molecule has 176 valence electrons. The summed E-state index contributed by atoms with van der Waals surface area (Å²) in [4.78, 5) is 46.5. The first-order valence-corrected chi connectivity index (χ1v) is 11.7. The molecule has 0 aliphatic carbocycles. The number of rotatable bonds is 9. The lowest BCUT2D eigenvalue weighted by molar-refractivity contribution is -0.384. The zero-order valence-corrected chi connectivity index (χ0v) is 19.8. The van der Waals surface area contributed by atoms with Gasteiger partial charge in [-0.3, -0.25) is 25.0 Å². The standard InChI is InChI=1S/C20H16ClN5O6S2/c1-2-32-18(29)11-3-6-13(7-4-11)22-16(27)10-33-20-25-24-19(34-20)23-17(28)12-5-8-14(21)15(9-12)26(30)31/h3-9H,2,10H2,1H3,(H,22,27)(H,23,24,28). The maximum atomic E-state index is 12.3. The number of nitro benzene ring substituents is 1. The van der Waals surface area contributed by atoms with Crippen molar-refractivity contribution in [3.63, 3.8) is 0 Å². The molecular weight excluding hydrogens is 506 g/mol. The maximum absolute atomic E-state index is 12.3. The Morgan fingerprint density at radius 3 is 2.50 bits per heavy atom. The Hall–Kier alpha value is -3.55. The number of hydrogen-bond donors (Lipinski definition) is 2. The molecule has 3 aromatic rings. The number of carbonyl (C=O) groups is 3. The van der Waals surface area contributed by atoms with Crippen LogP contribution in [0.1, 0.15) is 27.6 Å². The van der Waals surface area contributed by atoms with Crippen molar-refractivity contribution < 1.29 is 24.0 Å². The van der Waals surface area contributed by atoms with Crippen molar-refractivity contribution >= 4 is 69.0 Å². The van der Waals surface area contributed by atoms with Gasteiger partial charge in [-0.2, -0.15) is 0 Å². The van der Waals surface area contributed by atoms with E-state index in [1.54, 1.807) is 31.2 Å². The van der Waals surface area contributed by atoms with E-state index in [0.717, 1.165) is 29.2 Å². The molecule has 2 aromatic carbocycles. The van der Waals surface area contributed by atoms with Crippen molar-refractivity contribution in [2.45, 2.75) is 11.3 Å². The molecular formula is C20H16ClN5O6S2. The van der Waals surface area contributed by atoms with Gasteiger partial charge in [0.1, 0.15) is 5.02 Å². The number of amides is 2. The van der Waals surface area contributed by atoms with E-state index in [1.165, 1.54) is 12.1 Å². The van der Waals surface area contributed by atoms with Crippen molar-refractivity contribution in [1.29, 1.82) is 0 Å². The Kier molecular flexibility index (Phi) is 8.51. The number of nitrogens with one attached hydrogen (secondary N) is 2. The third-order valence-corrected chi connectivity index (χ3v) is 6.33. The molecule has 0 radical (unpaired) electrons. The van der Waals surface area contributed by atoms with Gasteiger partial charge in [0.2, 0.25) is 11.0 Å². The van der Waals surface area contributed by atoms with E-state index in [-0.39, 0.29) is 39.7 Å². The number of thioether (sulfide) groups is 1. The van der Waals surface area contributed by atoms with E-state index in [1.807, 2.05) is 0 Å². The zero-order chi connectivity index (χ0) is 24.7. The molecule has 1 aromatic heterocycles. The first-order valence-electron chi connectivity index (χ1n) is 9.55. The zero-order valence-electron chi connectivity index (χ0n) is 17.4. The molecule has 0 saturated heterocycles. The summed E-state index contributed by atoms with van der Waals surface area (Å²) in [5.41, 5.74) is 0.546. The highest BCUT2D eigenvalue weighted by molar-refractivity contribution is 8.01. The number of carbonyl (C=O) groups excluding carboxylic acids is 3.